The van der Waals surface area contributed by atoms with Crippen LogP contribution in [0.15, 0.2) is 65.8 Å². The maximum atomic E-state index is 12.9. The number of para-hydroxylation sites is 1. The standard InChI is InChI=1S/C28H31ClN7O8P.CH3.Y/c29-17-5-7-18(8-6-17)42-12-11-35-15-36(25-22(35)26(39)34-28(30)33-25)27-24(38)23(37)21(44-27)14-43-45(40,41)32-10-9-16-13-31-20-4-2-1-3-19(16)20;;/h1-8,13,15,21,23-24,27,31,37-38H,9-12,14H2,(H4-,30,32,33,34,39,40,41);1H3;/q;-1;/t21-,23?,24+,27-;;/m1../s1. The number of nitrogens with one attached hydrogen (secondary N) is 3. The van der Waals surface area contributed by atoms with E-state index in [-0.39, 0.29) is 76.9 Å². The summed E-state index contributed by atoms with van der Waals surface area (Å²) in [5, 5.41) is 25.6. The molecule has 249 valence electrons. The maximum Gasteiger partial charge on any atom is 0.313 e. The molecule has 15 nitrogen and oxygen atoms in total. The van der Waals surface area contributed by atoms with Crippen LogP contribution in [-0.4, -0.2) is 67.8 Å². The van der Waals surface area contributed by atoms with Crippen molar-refractivity contribution in [3.63, 3.8) is 0 Å². The molecule has 0 saturated carbocycles. The van der Waals surface area contributed by atoms with Gasteiger partial charge in [-0.3, -0.25) is 24.0 Å². The number of fused-ring (bicyclic) bond motifs is 2. The largest absolute Gasteiger partial charge is 0.766 e. The van der Waals surface area contributed by atoms with E-state index in [1.54, 1.807) is 28.8 Å². The van der Waals surface area contributed by atoms with Gasteiger partial charge in [0.15, 0.2) is 6.33 Å². The molecule has 47 heavy (non-hydrogen) atoms. The number of hydrogen-bond donors (Lipinski definition) is 6. The average molecular weight is 764 g/mol. The number of aliphatic hydroxyl groups is 2. The topological polar surface area (TPSA) is 217 Å². The number of benzene rings is 2. The Morgan fingerprint density at radius 2 is 1.94 bits per heavy atom. The van der Waals surface area contributed by atoms with Gasteiger partial charge in [-0.15, -0.1) is 0 Å². The van der Waals surface area contributed by atoms with Gasteiger partial charge in [0.2, 0.25) is 19.5 Å². The van der Waals surface area contributed by atoms with E-state index in [0.29, 0.717) is 17.2 Å². The smallest absolute Gasteiger partial charge is 0.313 e. The molecule has 5 atom stereocenters. The van der Waals surface area contributed by atoms with E-state index >= 15 is 0 Å². The third-order valence-electron chi connectivity index (χ3n) is 7.50. The van der Waals surface area contributed by atoms with Gasteiger partial charge in [-0.2, -0.15) is 0 Å². The van der Waals surface area contributed by atoms with Crippen molar-refractivity contribution in [3.8, 4) is 5.75 Å². The molecular weight excluding hydrogens is 730 g/mol. The molecule has 0 bridgehead atoms. The van der Waals surface area contributed by atoms with Crippen molar-refractivity contribution < 1.29 is 70.9 Å². The first-order chi connectivity index (χ1) is 21.6. The number of aromatic amines is 2. The maximum absolute atomic E-state index is 12.9. The Morgan fingerprint density at radius 1 is 1.19 bits per heavy atom. The zero-order valence-electron chi connectivity index (χ0n) is 25.3. The first-order valence-corrected chi connectivity index (χ1v) is 16.0. The van der Waals surface area contributed by atoms with Gasteiger partial charge in [0, 0.05) is 61.4 Å². The number of nitrogen functional groups attached to an aromatic ring is 1. The summed E-state index contributed by atoms with van der Waals surface area (Å²) in [5.41, 5.74) is 7.35. The van der Waals surface area contributed by atoms with Gasteiger partial charge in [-0.1, -0.05) is 34.8 Å². The zero-order chi connectivity index (χ0) is 31.7. The SMILES string of the molecule is Nc1nc2c(c(=O)[nH]1)n(CCOc1ccc(Cl)cc1)c[n+]2[C@@H]1O[C@H](COP(=O)([O-])NCCc2c[nH]c3ccccc23)C(O)[C@@H]1O.[CH3-].[Y]. The molecule has 0 amide bonds. The molecule has 3 aromatic heterocycles. The molecule has 0 spiro atoms. The minimum absolute atomic E-state index is 0. The second-order valence-electron chi connectivity index (χ2n) is 10.5. The van der Waals surface area contributed by atoms with Crippen LogP contribution in [0.5, 0.6) is 5.75 Å². The van der Waals surface area contributed by atoms with E-state index in [9.17, 15) is 24.5 Å². The number of hydrogen-bond acceptors (Lipinski definition) is 10. The van der Waals surface area contributed by atoms with Crippen LogP contribution in [0.3, 0.4) is 0 Å². The number of aliphatic hydroxyl groups excluding tert-OH is 2. The normalized spacial score (nSPS) is 20.5. The van der Waals surface area contributed by atoms with Crippen LogP contribution in [0.2, 0.25) is 5.02 Å². The van der Waals surface area contributed by atoms with Crippen LogP contribution >= 0.6 is 19.3 Å². The number of aromatic nitrogens is 5. The number of halogens is 1. The van der Waals surface area contributed by atoms with E-state index in [2.05, 4.69) is 20.0 Å². The molecule has 1 aliphatic rings. The number of anilines is 1. The number of rotatable bonds is 12. The Labute approximate surface area is 299 Å². The monoisotopic (exact) mass is 763 g/mol. The molecule has 0 aliphatic carbocycles. The van der Waals surface area contributed by atoms with Crippen LogP contribution in [0, 0.1) is 7.43 Å². The fourth-order valence-electron chi connectivity index (χ4n) is 5.30. The average Bonchev–Trinajstić information content (AvgIpc) is 3.67. The van der Waals surface area contributed by atoms with Gasteiger partial charge in [-0.25, -0.2) is 4.57 Å². The molecule has 1 aliphatic heterocycles. The number of nitrogens with two attached hydrogens (primary N) is 1. The summed E-state index contributed by atoms with van der Waals surface area (Å²) in [5.74, 6) is 0.402. The van der Waals surface area contributed by atoms with Crippen LogP contribution in [0.1, 0.15) is 11.8 Å². The number of H-pyrrole nitrogens is 2. The van der Waals surface area contributed by atoms with Gasteiger partial charge >= 0.3 is 5.65 Å². The van der Waals surface area contributed by atoms with E-state index in [1.807, 2.05) is 30.5 Å². The van der Waals surface area contributed by atoms with Crippen LogP contribution in [0.4, 0.5) is 5.95 Å². The van der Waals surface area contributed by atoms with E-state index in [0.717, 1.165) is 16.5 Å². The summed E-state index contributed by atoms with van der Waals surface area (Å²) >= 11 is 5.92. The predicted molar refractivity (Wildman–Crippen MR) is 168 cm³/mol. The second-order valence-corrected chi connectivity index (χ2v) is 12.5. The Morgan fingerprint density at radius 3 is 2.70 bits per heavy atom. The Kier molecular flexibility index (Phi) is 12.4. The molecule has 2 unspecified atom stereocenters. The van der Waals surface area contributed by atoms with Crippen molar-refractivity contribution in [2.24, 2.45) is 0 Å². The summed E-state index contributed by atoms with van der Waals surface area (Å²) in [7, 11) is -4.54. The Balaban J connectivity index is 0.00000250. The van der Waals surface area contributed by atoms with E-state index < -0.39 is 44.5 Å². The van der Waals surface area contributed by atoms with Gasteiger partial charge in [-0.05, 0) is 42.3 Å². The minimum Gasteiger partial charge on any atom is -0.766 e. The van der Waals surface area contributed by atoms with Gasteiger partial charge in [0.05, 0.1) is 6.61 Å². The summed E-state index contributed by atoms with van der Waals surface area (Å²) in [6, 6.07) is 14.5. The second kappa shape index (κ2) is 15.7. The van der Waals surface area contributed by atoms with Crippen LogP contribution < -0.4 is 30.6 Å². The molecule has 5 aromatic rings. The molecule has 2 aromatic carbocycles. The molecule has 18 heteroatoms. The Hall–Kier alpha value is -2.69. The third-order valence-corrected chi connectivity index (χ3v) is 8.85. The van der Waals surface area contributed by atoms with Gasteiger partial charge in [0.1, 0.15) is 37.2 Å². The molecule has 1 saturated heterocycles. The molecule has 7 N–H and O–H groups in total. The quantitative estimate of drug-likeness (QED) is 0.0603. The van der Waals surface area contributed by atoms with Crippen molar-refractivity contribution in [2.75, 3.05) is 25.5 Å². The minimum atomic E-state index is -4.54. The fraction of sp³-hybridized carbons (Fsp3) is 0.310. The summed E-state index contributed by atoms with van der Waals surface area (Å²) in [6.45, 7) is -0.128. The predicted octanol–water partition coefficient (Wildman–Crippen LogP) is 1.19. The van der Waals surface area contributed by atoms with E-state index in [4.69, 9.17) is 31.3 Å². The summed E-state index contributed by atoms with van der Waals surface area (Å²) < 4.78 is 32.2. The van der Waals surface area contributed by atoms with Crippen molar-refractivity contribution >= 4 is 47.4 Å². The first kappa shape index (κ1) is 37.1. The third kappa shape index (κ3) is 8.31. The zero-order valence-corrected chi connectivity index (χ0v) is 29.8. The van der Waals surface area contributed by atoms with E-state index in [1.165, 1.54) is 10.9 Å². The number of ether oxygens (including phenoxy) is 2. The first-order valence-electron chi connectivity index (χ1n) is 14.0. The number of imidazole rings is 1. The van der Waals surface area contributed by atoms with Gasteiger partial charge in [0.25, 0.3) is 11.5 Å². The molecule has 1 radical (unpaired) electrons. The number of nitrogens with zero attached hydrogens (tertiary/aromatic N) is 3. The molecule has 4 heterocycles. The fourth-order valence-corrected chi connectivity index (χ4v) is 6.25. The van der Waals surface area contributed by atoms with Crippen LogP contribution in [-0.2, 0) is 59.5 Å². The van der Waals surface area contributed by atoms with Crippen molar-refractivity contribution in [2.45, 2.75) is 37.5 Å². The summed E-state index contributed by atoms with van der Waals surface area (Å²) in [6.07, 6.45) is -1.78. The Bertz CT molecular complexity index is 1920. The molecule has 6 rings (SSSR count). The van der Waals surface area contributed by atoms with Gasteiger partial charge < -0.3 is 47.2 Å². The molecule has 1 fully saturated rings. The van der Waals surface area contributed by atoms with Crippen LogP contribution in [0.25, 0.3) is 22.1 Å². The van der Waals surface area contributed by atoms with Crippen molar-refractivity contribution in [3.05, 3.63) is 89.4 Å². The molecular formula is C29H34ClN7O8PY-. The van der Waals surface area contributed by atoms with Crippen molar-refractivity contribution in [1.82, 2.24) is 24.6 Å². The van der Waals surface area contributed by atoms with Crippen molar-refractivity contribution in [1.29, 1.82) is 0 Å². The summed E-state index contributed by atoms with van der Waals surface area (Å²) in [4.78, 5) is 35.3.